The third-order valence-electron chi connectivity index (χ3n) is 4.89. The number of aromatic nitrogens is 4. The normalized spacial score (nSPS) is 16.3. The number of hydrogen-bond donors (Lipinski definition) is 1. The highest BCUT2D eigenvalue weighted by molar-refractivity contribution is 5.76. The summed E-state index contributed by atoms with van der Waals surface area (Å²) in [6.45, 7) is 5.54. The molecule has 27 heavy (non-hydrogen) atoms. The quantitative estimate of drug-likeness (QED) is 0.767. The van der Waals surface area contributed by atoms with Crippen LogP contribution in [0.4, 0.5) is 5.69 Å². The molecule has 3 heterocycles. The molecular formula is C18H27N7O2. The maximum Gasteiger partial charge on any atom is 0.269 e. The molecular weight excluding hydrogens is 346 g/mol. The van der Waals surface area contributed by atoms with Crippen LogP contribution in [0.2, 0.25) is 0 Å². The number of likely N-dealkylation sites (N-methyl/N-ethyl adjacent to an activating group) is 1. The van der Waals surface area contributed by atoms with Crippen molar-refractivity contribution in [3.05, 3.63) is 40.6 Å². The summed E-state index contributed by atoms with van der Waals surface area (Å²) in [6, 6.07) is 1.43. The molecule has 1 aliphatic heterocycles. The first-order chi connectivity index (χ1) is 13.0. The number of amides is 1. The van der Waals surface area contributed by atoms with Gasteiger partial charge in [-0.05, 0) is 13.5 Å². The van der Waals surface area contributed by atoms with Gasteiger partial charge in [0.25, 0.3) is 5.56 Å². The summed E-state index contributed by atoms with van der Waals surface area (Å²) >= 11 is 0. The van der Waals surface area contributed by atoms with Gasteiger partial charge in [0.2, 0.25) is 5.91 Å². The lowest BCUT2D eigenvalue weighted by molar-refractivity contribution is -0.122. The molecule has 9 heteroatoms. The average molecular weight is 373 g/mol. The first-order valence-corrected chi connectivity index (χ1v) is 9.25. The summed E-state index contributed by atoms with van der Waals surface area (Å²) in [5, 5.41) is 11.3. The van der Waals surface area contributed by atoms with Gasteiger partial charge >= 0.3 is 0 Å². The molecule has 1 aliphatic rings. The fourth-order valence-electron chi connectivity index (χ4n) is 3.20. The van der Waals surface area contributed by atoms with Crippen LogP contribution in [0.1, 0.15) is 24.9 Å². The predicted octanol–water partition coefficient (Wildman–Crippen LogP) is -0.00390. The minimum atomic E-state index is -0.268. The minimum Gasteiger partial charge on any atom is -0.368 e. The fourth-order valence-corrected chi connectivity index (χ4v) is 3.20. The van der Waals surface area contributed by atoms with Gasteiger partial charge in [0.05, 0.1) is 24.1 Å². The lowest BCUT2D eigenvalue weighted by Crippen LogP contribution is -2.45. The van der Waals surface area contributed by atoms with Crippen LogP contribution in [0, 0.1) is 0 Å². The number of carbonyl (C=O) groups is 1. The molecule has 0 unspecified atom stereocenters. The van der Waals surface area contributed by atoms with E-state index in [1.807, 2.05) is 20.2 Å². The van der Waals surface area contributed by atoms with Crippen LogP contribution in [-0.2, 0) is 18.4 Å². The number of aryl methyl sites for hydroxylation is 1. The van der Waals surface area contributed by atoms with E-state index in [2.05, 4.69) is 32.4 Å². The maximum absolute atomic E-state index is 12.4. The molecule has 1 atom stereocenters. The SMILES string of the molecule is CC[C@@H](NC(=O)Cn1ncc(N2CCN(C)CC2)cc1=O)c1cnn(C)c1. The summed E-state index contributed by atoms with van der Waals surface area (Å²) in [4.78, 5) is 29.2. The van der Waals surface area contributed by atoms with E-state index in [0.29, 0.717) is 0 Å². The highest BCUT2D eigenvalue weighted by Crippen LogP contribution is 2.15. The van der Waals surface area contributed by atoms with Crippen LogP contribution in [0.25, 0.3) is 0 Å². The fraction of sp³-hybridized carbons (Fsp3) is 0.556. The number of anilines is 1. The molecule has 2 aromatic rings. The lowest BCUT2D eigenvalue weighted by Gasteiger charge is -2.33. The lowest BCUT2D eigenvalue weighted by atomic mass is 10.1. The average Bonchev–Trinajstić information content (AvgIpc) is 3.08. The third-order valence-corrected chi connectivity index (χ3v) is 4.89. The van der Waals surface area contributed by atoms with Gasteiger partial charge < -0.3 is 15.1 Å². The number of rotatable bonds is 6. The van der Waals surface area contributed by atoms with E-state index >= 15 is 0 Å². The molecule has 0 saturated carbocycles. The predicted molar refractivity (Wildman–Crippen MR) is 103 cm³/mol. The Morgan fingerprint density at radius 3 is 2.52 bits per heavy atom. The number of piperazine rings is 1. The van der Waals surface area contributed by atoms with E-state index in [-0.39, 0.29) is 24.1 Å². The van der Waals surface area contributed by atoms with Crippen LogP contribution in [0.5, 0.6) is 0 Å². The Kier molecular flexibility index (Phi) is 5.90. The summed E-state index contributed by atoms with van der Waals surface area (Å²) in [6.07, 6.45) is 6.02. The summed E-state index contributed by atoms with van der Waals surface area (Å²) < 4.78 is 2.90. The van der Waals surface area contributed by atoms with Crippen molar-refractivity contribution in [1.82, 2.24) is 29.8 Å². The third kappa shape index (κ3) is 4.73. The first-order valence-electron chi connectivity index (χ1n) is 9.25. The Labute approximate surface area is 158 Å². The molecule has 3 rings (SSSR count). The zero-order valence-corrected chi connectivity index (χ0v) is 16.1. The second-order valence-corrected chi connectivity index (χ2v) is 6.98. The van der Waals surface area contributed by atoms with Gasteiger partial charge in [-0.3, -0.25) is 14.3 Å². The Morgan fingerprint density at radius 1 is 1.19 bits per heavy atom. The second-order valence-electron chi connectivity index (χ2n) is 6.98. The van der Waals surface area contributed by atoms with Crippen LogP contribution in [0.3, 0.4) is 0 Å². The van der Waals surface area contributed by atoms with Gasteiger partial charge in [-0.1, -0.05) is 6.92 Å². The Balaban J connectivity index is 1.63. The van der Waals surface area contributed by atoms with Crippen molar-refractivity contribution in [2.24, 2.45) is 7.05 Å². The van der Waals surface area contributed by atoms with Crippen LogP contribution in [0.15, 0.2) is 29.5 Å². The molecule has 146 valence electrons. The largest absolute Gasteiger partial charge is 0.368 e. The minimum absolute atomic E-state index is 0.0986. The van der Waals surface area contributed by atoms with Crippen molar-refractivity contribution in [1.29, 1.82) is 0 Å². The zero-order valence-electron chi connectivity index (χ0n) is 16.1. The van der Waals surface area contributed by atoms with Crippen molar-refractivity contribution in [2.45, 2.75) is 25.9 Å². The molecule has 0 aliphatic carbocycles. The molecule has 1 amide bonds. The van der Waals surface area contributed by atoms with Gasteiger partial charge in [0.15, 0.2) is 0 Å². The van der Waals surface area contributed by atoms with E-state index in [0.717, 1.165) is 43.9 Å². The topological polar surface area (TPSA) is 88.3 Å². The number of carbonyl (C=O) groups excluding carboxylic acids is 1. The van der Waals surface area contributed by atoms with E-state index in [1.54, 1.807) is 23.1 Å². The smallest absolute Gasteiger partial charge is 0.269 e. The maximum atomic E-state index is 12.4. The Hall–Kier alpha value is -2.68. The summed E-state index contributed by atoms with van der Waals surface area (Å²) in [5.41, 5.74) is 1.49. The molecule has 9 nitrogen and oxygen atoms in total. The molecule has 2 aromatic heterocycles. The molecule has 0 bridgehead atoms. The Morgan fingerprint density at radius 2 is 1.93 bits per heavy atom. The molecule has 0 radical (unpaired) electrons. The van der Waals surface area contributed by atoms with Gasteiger partial charge in [-0.25, -0.2) is 4.68 Å². The van der Waals surface area contributed by atoms with Crippen molar-refractivity contribution in [2.75, 3.05) is 38.1 Å². The van der Waals surface area contributed by atoms with Crippen molar-refractivity contribution in [3.63, 3.8) is 0 Å². The number of hydrogen-bond acceptors (Lipinski definition) is 6. The number of nitrogens with zero attached hydrogens (tertiary/aromatic N) is 6. The molecule has 0 spiro atoms. The van der Waals surface area contributed by atoms with E-state index in [4.69, 9.17) is 0 Å². The van der Waals surface area contributed by atoms with Gasteiger partial charge in [-0.2, -0.15) is 10.2 Å². The second kappa shape index (κ2) is 8.34. The highest BCUT2D eigenvalue weighted by Gasteiger charge is 2.17. The summed E-state index contributed by atoms with van der Waals surface area (Å²) in [7, 11) is 3.92. The zero-order chi connectivity index (χ0) is 19.4. The van der Waals surface area contributed by atoms with Crippen LogP contribution >= 0.6 is 0 Å². The van der Waals surface area contributed by atoms with E-state index in [1.165, 1.54) is 4.68 Å². The monoisotopic (exact) mass is 373 g/mol. The number of nitrogens with one attached hydrogen (secondary N) is 1. The van der Waals surface area contributed by atoms with Crippen molar-refractivity contribution >= 4 is 11.6 Å². The highest BCUT2D eigenvalue weighted by atomic mass is 16.2. The Bertz CT molecular complexity index is 836. The van der Waals surface area contributed by atoms with Crippen molar-refractivity contribution < 1.29 is 4.79 Å². The van der Waals surface area contributed by atoms with Gasteiger partial charge in [0.1, 0.15) is 6.54 Å². The van der Waals surface area contributed by atoms with Crippen LogP contribution < -0.4 is 15.8 Å². The van der Waals surface area contributed by atoms with Crippen molar-refractivity contribution in [3.8, 4) is 0 Å². The standard InChI is InChI=1S/C18H27N7O2/c1-4-16(14-10-19-23(3)12-14)21-17(26)13-25-18(27)9-15(11-20-25)24-7-5-22(2)6-8-24/h9-12,16H,4-8,13H2,1-3H3,(H,21,26)/t16-/m1/s1. The van der Waals surface area contributed by atoms with Gasteiger partial charge in [0, 0.05) is 51.1 Å². The van der Waals surface area contributed by atoms with E-state index < -0.39 is 0 Å². The molecule has 1 saturated heterocycles. The molecule has 1 fully saturated rings. The van der Waals surface area contributed by atoms with Gasteiger partial charge in [-0.15, -0.1) is 0 Å². The van der Waals surface area contributed by atoms with Crippen LogP contribution in [-0.4, -0.2) is 63.6 Å². The van der Waals surface area contributed by atoms with E-state index in [9.17, 15) is 9.59 Å². The summed E-state index contributed by atoms with van der Waals surface area (Å²) in [5.74, 6) is -0.243. The molecule has 0 aromatic carbocycles. The molecule has 1 N–H and O–H groups in total. The first kappa shape index (κ1) is 19.1.